The monoisotopic (exact) mass is 561 g/mol. The van der Waals surface area contributed by atoms with Crippen LogP contribution in [0, 0.1) is 0 Å². The highest BCUT2D eigenvalue weighted by Crippen LogP contribution is 2.52. The third-order valence-corrected chi connectivity index (χ3v) is 8.03. The van der Waals surface area contributed by atoms with Crippen LogP contribution in [0.15, 0.2) is 18.2 Å². The van der Waals surface area contributed by atoms with Gasteiger partial charge in [0, 0.05) is 42.0 Å². The number of halogens is 1. The molecule has 1 fully saturated rings. The van der Waals surface area contributed by atoms with E-state index < -0.39 is 94.9 Å². The predicted octanol–water partition coefficient (Wildman–Crippen LogP) is 1.25. The van der Waals surface area contributed by atoms with Crippen LogP contribution >= 0.6 is 11.6 Å². The molecule has 0 unspecified atom stereocenters. The lowest BCUT2D eigenvalue weighted by molar-refractivity contribution is -0.247. The van der Waals surface area contributed by atoms with Gasteiger partial charge in [-0.2, -0.15) is 0 Å². The summed E-state index contributed by atoms with van der Waals surface area (Å²) in [4.78, 5) is 39.9. The molecule has 12 heteroatoms. The smallest absolute Gasteiger partial charge is 0.202 e. The zero-order valence-corrected chi connectivity index (χ0v) is 21.9. The molecule has 0 radical (unpaired) electrons. The number of ether oxygens (including phenoxy) is 3. The maximum atomic E-state index is 13.7. The molecule has 0 bridgehead atoms. The molecule has 1 aliphatic heterocycles. The van der Waals surface area contributed by atoms with E-state index in [1.165, 1.54) is 25.3 Å². The molecule has 2 aromatic carbocycles. The number of fused-ring (bicyclic) bond motifs is 3. The Morgan fingerprint density at radius 1 is 1.18 bits per heavy atom. The van der Waals surface area contributed by atoms with Crippen LogP contribution in [-0.4, -0.2) is 80.9 Å². The first-order valence-corrected chi connectivity index (χ1v) is 12.9. The first-order valence-electron chi connectivity index (χ1n) is 12.4. The van der Waals surface area contributed by atoms with E-state index in [2.05, 4.69) is 0 Å². The largest absolute Gasteiger partial charge is 0.507 e. The SMILES string of the molecule is COc1cccc2c1C(=O)c1c(O)c3c(c(O)c1C2=O)C[C@](O)(C(=O)CCl)C[C@@H]3O[C@@H]1C[C@H](N)[C@H](O)[C@H](C)O1. The van der Waals surface area contributed by atoms with Crippen molar-refractivity contribution in [1.29, 1.82) is 0 Å². The van der Waals surface area contributed by atoms with Crippen molar-refractivity contribution in [3.05, 3.63) is 51.6 Å². The highest BCUT2D eigenvalue weighted by atomic mass is 35.5. The van der Waals surface area contributed by atoms with Crippen molar-refractivity contribution >= 4 is 29.0 Å². The Morgan fingerprint density at radius 3 is 2.51 bits per heavy atom. The lowest BCUT2D eigenvalue weighted by Crippen LogP contribution is -2.52. The predicted molar refractivity (Wildman–Crippen MR) is 135 cm³/mol. The van der Waals surface area contributed by atoms with Crippen LogP contribution in [0.3, 0.4) is 0 Å². The quantitative estimate of drug-likeness (QED) is 0.223. The second-order valence-electron chi connectivity index (χ2n) is 10.1. The first kappa shape index (κ1) is 27.5. The van der Waals surface area contributed by atoms with Gasteiger partial charge in [0.25, 0.3) is 0 Å². The van der Waals surface area contributed by atoms with Gasteiger partial charge >= 0.3 is 0 Å². The Hall–Kier alpha value is -3.06. The van der Waals surface area contributed by atoms with Crippen LogP contribution < -0.4 is 10.5 Å². The molecule has 0 saturated carbocycles. The van der Waals surface area contributed by atoms with Gasteiger partial charge in [0.05, 0.1) is 48.0 Å². The minimum atomic E-state index is -2.12. The minimum Gasteiger partial charge on any atom is -0.507 e. The average Bonchev–Trinajstić information content (AvgIpc) is 2.90. The highest BCUT2D eigenvalue weighted by Gasteiger charge is 2.50. The van der Waals surface area contributed by atoms with Crippen LogP contribution in [-0.2, 0) is 20.7 Å². The second-order valence-corrected chi connectivity index (χ2v) is 10.4. The fraction of sp³-hybridized carbons (Fsp3) is 0.444. The third kappa shape index (κ3) is 4.21. The number of phenolic OH excluding ortho intramolecular Hbond substituents is 2. The van der Waals surface area contributed by atoms with Crippen LogP contribution in [0.4, 0.5) is 0 Å². The Labute approximate surface area is 228 Å². The van der Waals surface area contributed by atoms with Gasteiger partial charge in [-0.25, -0.2) is 0 Å². The Kier molecular flexibility index (Phi) is 6.94. The van der Waals surface area contributed by atoms with Crippen molar-refractivity contribution in [3.8, 4) is 17.2 Å². The summed E-state index contributed by atoms with van der Waals surface area (Å²) >= 11 is 5.77. The number of ketones is 3. The minimum absolute atomic E-state index is 0.0330. The zero-order chi connectivity index (χ0) is 28.4. The van der Waals surface area contributed by atoms with Gasteiger partial charge < -0.3 is 40.4 Å². The number of carbonyl (C=O) groups excluding carboxylic acids is 3. The maximum absolute atomic E-state index is 13.7. The summed E-state index contributed by atoms with van der Waals surface area (Å²) < 4.78 is 17.1. The number of hydrogen-bond acceptors (Lipinski definition) is 11. The summed E-state index contributed by atoms with van der Waals surface area (Å²) in [6.07, 6.45) is -4.83. The lowest BCUT2D eigenvalue weighted by atomic mass is 9.72. The van der Waals surface area contributed by atoms with Crippen LogP contribution in [0.2, 0.25) is 0 Å². The number of Topliss-reactive ketones (excluding diaryl/α,β-unsaturated/α-hetero) is 1. The van der Waals surface area contributed by atoms with E-state index in [0.29, 0.717) is 0 Å². The van der Waals surface area contributed by atoms with Gasteiger partial charge in [-0.15, -0.1) is 11.6 Å². The van der Waals surface area contributed by atoms with Gasteiger partial charge in [0.15, 0.2) is 17.9 Å². The molecular formula is C27H28ClNO10. The highest BCUT2D eigenvalue weighted by molar-refractivity contribution is 6.31. The van der Waals surface area contributed by atoms with Crippen molar-refractivity contribution in [2.24, 2.45) is 5.73 Å². The molecular weight excluding hydrogens is 534 g/mol. The standard InChI is InChI=1S/C27H28ClNO10/c1-10-22(31)13(29)6-17(38-10)39-15-8-27(36,16(30)9-28)7-12-19(15)26(35)21-20(24(12)33)23(32)11-4-3-5-14(37-2)18(11)25(21)34/h3-5,10,13,15,17,22,31,33,35-36H,6-9,29H2,1-2H3/t10-,13-,15-,17+,22+,27+/m0/s1. The molecule has 208 valence electrons. The molecule has 1 heterocycles. The van der Waals surface area contributed by atoms with Crippen molar-refractivity contribution in [2.75, 3.05) is 13.0 Å². The molecule has 0 spiro atoms. The zero-order valence-electron chi connectivity index (χ0n) is 21.1. The number of benzene rings is 2. The molecule has 11 nitrogen and oxygen atoms in total. The summed E-state index contributed by atoms with van der Waals surface area (Å²) in [5.74, 6) is -3.99. The molecule has 2 aromatic rings. The Bertz CT molecular complexity index is 1380. The Morgan fingerprint density at radius 2 is 1.87 bits per heavy atom. The van der Waals surface area contributed by atoms with E-state index in [4.69, 9.17) is 31.5 Å². The Balaban J connectivity index is 1.69. The van der Waals surface area contributed by atoms with E-state index in [1.807, 2.05) is 0 Å². The molecule has 6 N–H and O–H groups in total. The van der Waals surface area contributed by atoms with Gasteiger partial charge in [0.1, 0.15) is 22.8 Å². The number of alkyl halides is 1. The summed E-state index contributed by atoms with van der Waals surface area (Å²) in [5, 5.41) is 44.3. The summed E-state index contributed by atoms with van der Waals surface area (Å²) in [7, 11) is 1.33. The lowest BCUT2D eigenvalue weighted by Gasteiger charge is -2.42. The number of aromatic hydroxyl groups is 2. The topological polar surface area (TPSA) is 186 Å². The number of aliphatic hydroxyl groups excluding tert-OH is 1. The molecule has 39 heavy (non-hydrogen) atoms. The fourth-order valence-electron chi connectivity index (χ4n) is 5.73. The molecule has 1 saturated heterocycles. The number of methoxy groups -OCH3 is 1. The van der Waals surface area contributed by atoms with E-state index >= 15 is 0 Å². The molecule has 2 aliphatic carbocycles. The fourth-order valence-corrected chi connectivity index (χ4v) is 5.98. The number of phenols is 2. The number of aliphatic hydroxyl groups is 2. The third-order valence-electron chi connectivity index (χ3n) is 7.78. The maximum Gasteiger partial charge on any atom is 0.202 e. The van der Waals surface area contributed by atoms with E-state index in [-0.39, 0.29) is 34.4 Å². The summed E-state index contributed by atoms with van der Waals surface area (Å²) in [6.45, 7) is 1.59. The van der Waals surface area contributed by atoms with Gasteiger partial charge in [-0.1, -0.05) is 12.1 Å². The van der Waals surface area contributed by atoms with Crippen molar-refractivity contribution in [1.82, 2.24) is 0 Å². The number of rotatable bonds is 5. The van der Waals surface area contributed by atoms with E-state index in [0.717, 1.165) is 0 Å². The van der Waals surface area contributed by atoms with Gasteiger partial charge in [-0.05, 0) is 13.0 Å². The van der Waals surface area contributed by atoms with Gasteiger partial charge in [-0.3, -0.25) is 14.4 Å². The van der Waals surface area contributed by atoms with Crippen molar-refractivity contribution in [2.45, 2.75) is 62.4 Å². The van der Waals surface area contributed by atoms with Crippen molar-refractivity contribution in [3.63, 3.8) is 0 Å². The number of carbonyl (C=O) groups is 3. The summed E-state index contributed by atoms with van der Waals surface area (Å²) in [5.41, 5.74) is 2.69. The van der Waals surface area contributed by atoms with E-state index in [1.54, 1.807) is 6.92 Å². The molecule has 0 aromatic heterocycles. The van der Waals surface area contributed by atoms with Crippen LogP contribution in [0.1, 0.15) is 68.8 Å². The van der Waals surface area contributed by atoms with Crippen LogP contribution in [0.25, 0.3) is 0 Å². The average molecular weight is 562 g/mol. The van der Waals surface area contributed by atoms with E-state index in [9.17, 15) is 34.8 Å². The van der Waals surface area contributed by atoms with Crippen LogP contribution in [0.5, 0.6) is 17.2 Å². The van der Waals surface area contributed by atoms with Gasteiger partial charge in [0.2, 0.25) is 5.78 Å². The number of nitrogens with two attached hydrogens (primary N) is 1. The molecule has 3 aliphatic rings. The first-order chi connectivity index (χ1) is 18.4. The molecule has 6 atom stereocenters. The molecule has 0 amide bonds. The normalized spacial score (nSPS) is 29.8. The number of hydrogen-bond donors (Lipinski definition) is 5. The van der Waals surface area contributed by atoms with Crippen molar-refractivity contribution < 1.29 is 49.0 Å². The second kappa shape index (κ2) is 9.84. The molecule has 5 rings (SSSR count). The summed E-state index contributed by atoms with van der Waals surface area (Å²) in [6, 6.07) is 3.69.